The smallest absolute Gasteiger partial charge is 0.0125 e. The molecule has 0 radical (unpaired) electrons. The Morgan fingerprint density at radius 3 is 1.62 bits per heavy atom. The van der Waals surface area contributed by atoms with Crippen molar-refractivity contribution in [1.29, 1.82) is 0 Å². The average Bonchev–Trinajstić information content (AvgIpc) is 1.16. The molecule has 0 saturated carbocycles. The van der Waals surface area contributed by atoms with E-state index in [2.05, 4.69) is 25.7 Å². The van der Waals surface area contributed by atoms with E-state index in [1.165, 1.54) is 19.5 Å². The lowest BCUT2D eigenvalue weighted by molar-refractivity contribution is 0.0690. The molecule has 48 valence electrons. The third kappa shape index (κ3) is 1.03. The highest BCUT2D eigenvalue weighted by molar-refractivity contribution is 4.81. The van der Waals surface area contributed by atoms with E-state index in [1.807, 2.05) is 0 Å². The summed E-state index contributed by atoms with van der Waals surface area (Å²) >= 11 is 0. The molecule has 0 atom stereocenters. The lowest BCUT2D eigenvalue weighted by Crippen LogP contribution is -2.49. The van der Waals surface area contributed by atoms with E-state index in [9.17, 15) is 0 Å². The first-order valence-electron chi connectivity index (χ1n) is 3.36. The summed E-state index contributed by atoms with van der Waals surface area (Å²) < 4.78 is 0. The van der Waals surface area contributed by atoms with Gasteiger partial charge in [0.25, 0.3) is 0 Å². The van der Waals surface area contributed by atoms with Crippen molar-refractivity contribution in [2.45, 2.75) is 32.7 Å². The molecule has 0 bridgehead atoms. The van der Waals surface area contributed by atoms with E-state index in [-0.39, 0.29) is 0 Å². The summed E-state index contributed by atoms with van der Waals surface area (Å²) in [4.78, 5) is 2.49. The van der Waals surface area contributed by atoms with Gasteiger partial charge in [0.05, 0.1) is 0 Å². The van der Waals surface area contributed by atoms with Gasteiger partial charge in [-0.2, -0.15) is 0 Å². The van der Waals surface area contributed by atoms with Crippen molar-refractivity contribution in [2.75, 3.05) is 13.1 Å². The second kappa shape index (κ2) is 1.73. The van der Waals surface area contributed by atoms with Crippen molar-refractivity contribution >= 4 is 0 Å². The molecule has 0 N–H and O–H groups in total. The normalized spacial score (nSPS) is 22.9. The van der Waals surface area contributed by atoms with Crippen LogP contribution in [0.5, 0.6) is 0 Å². The largest absolute Gasteiger partial charge is 0.298 e. The topological polar surface area (TPSA) is 3.24 Å². The van der Waals surface area contributed by atoms with E-state index < -0.39 is 0 Å². The van der Waals surface area contributed by atoms with Gasteiger partial charge in [-0.1, -0.05) is 0 Å². The molecule has 1 fully saturated rings. The number of nitrogens with zero attached hydrogens (tertiary/aromatic N) is 1. The lowest BCUT2D eigenvalue weighted by Gasteiger charge is -2.42. The number of hydrogen-bond acceptors (Lipinski definition) is 1. The molecule has 1 rings (SSSR count). The molecular formula is C7H15N. The van der Waals surface area contributed by atoms with Gasteiger partial charge in [-0.15, -0.1) is 0 Å². The highest BCUT2D eigenvalue weighted by atomic mass is 15.2. The van der Waals surface area contributed by atoms with Gasteiger partial charge in [0.1, 0.15) is 0 Å². The van der Waals surface area contributed by atoms with Gasteiger partial charge in [-0.25, -0.2) is 0 Å². The first-order chi connectivity index (χ1) is 3.61. The highest BCUT2D eigenvalue weighted by Crippen LogP contribution is 2.19. The fourth-order valence-corrected chi connectivity index (χ4v) is 0.987. The SMILES string of the molecule is CC(C)(C)N1CCC1. The van der Waals surface area contributed by atoms with E-state index in [0.29, 0.717) is 5.54 Å². The molecule has 0 aliphatic carbocycles. The minimum Gasteiger partial charge on any atom is -0.298 e. The van der Waals surface area contributed by atoms with Crippen LogP contribution in [-0.4, -0.2) is 23.5 Å². The van der Waals surface area contributed by atoms with Gasteiger partial charge >= 0.3 is 0 Å². The summed E-state index contributed by atoms with van der Waals surface area (Å²) in [6, 6.07) is 0. The van der Waals surface area contributed by atoms with Crippen LogP contribution in [-0.2, 0) is 0 Å². The monoisotopic (exact) mass is 113 g/mol. The van der Waals surface area contributed by atoms with Gasteiger partial charge in [0.15, 0.2) is 0 Å². The zero-order chi connectivity index (χ0) is 6.20. The maximum absolute atomic E-state index is 2.49. The van der Waals surface area contributed by atoms with Crippen LogP contribution in [0.15, 0.2) is 0 Å². The number of likely N-dealkylation sites (tertiary alicyclic amines) is 1. The summed E-state index contributed by atoms with van der Waals surface area (Å²) in [5.41, 5.74) is 0.429. The maximum Gasteiger partial charge on any atom is 0.0125 e. The van der Waals surface area contributed by atoms with E-state index in [4.69, 9.17) is 0 Å². The Morgan fingerprint density at radius 2 is 1.62 bits per heavy atom. The van der Waals surface area contributed by atoms with Gasteiger partial charge in [0, 0.05) is 5.54 Å². The predicted octanol–water partition coefficient (Wildman–Crippen LogP) is 1.49. The second-order valence-electron chi connectivity index (χ2n) is 3.51. The van der Waals surface area contributed by atoms with Crippen LogP contribution in [0, 0.1) is 0 Å². The van der Waals surface area contributed by atoms with Crippen LogP contribution >= 0.6 is 0 Å². The summed E-state index contributed by atoms with van der Waals surface area (Å²) in [6.07, 6.45) is 1.40. The molecule has 1 nitrogen and oxygen atoms in total. The molecule has 8 heavy (non-hydrogen) atoms. The molecule has 0 aromatic carbocycles. The molecule has 1 heterocycles. The third-order valence-corrected chi connectivity index (χ3v) is 1.80. The second-order valence-corrected chi connectivity index (χ2v) is 3.51. The van der Waals surface area contributed by atoms with Gasteiger partial charge in [-0.3, -0.25) is 4.90 Å². The standard InChI is InChI=1S/C7H15N/c1-7(2,3)8-5-4-6-8/h4-6H2,1-3H3. The minimum atomic E-state index is 0.429. The third-order valence-electron chi connectivity index (χ3n) is 1.80. The van der Waals surface area contributed by atoms with Gasteiger partial charge in [-0.05, 0) is 40.3 Å². The first kappa shape index (κ1) is 6.09. The van der Waals surface area contributed by atoms with Crippen LogP contribution < -0.4 is 0 Å². The van der Waals surface area contributed by atoms with Crippen LogP contribution in [0.4, 0.5) is 0 Å². The molecule has 0 aromatic rings. The van der Waals surface area contributed by atoms with Crippen LogP contribution in [0.25, 0.3) is 0 Å². The molecule has 1 aliphatic rings. The Morgan fingerprint density at radius 1 is 1.12 bits per heavy atom. The molecule has 0 aromatic heterocycles. The number of hydrogen-bond donors (Lipinski definition) is 0. The zero-order valence-corrected chi connectivity index (χ0v) is 6.07. The minimum absolute atomic E-state index is 0.429. The van der Waals surface area contributed by atoms with Crippen molar-refractivity contribution in [2.24, 2.45) is 0 Å². The average molecular weight is 113 g/mol. The number of rotatable bonds is 0. The molecule has 0 amide bonds. The summed E-state index contributed by atoms with van der Waals surface area (Å²) in [7, 11) is 0. The van der Waals surface area contributed by atoms with Gasteiger partial charge in [0.2, 0.25) is 0 Å². The van der Waals surface area contributed by atoms with E-state index in [0.717, 1.165) is 0 Å². The fourth-order valence-electron chi connectivity index (χ4n) is 0.987. The van der Waals surface area contributed by atoms with Crippen molar-refractivity contribution in [3.63, 3.8) is 0 Å². The van der Waals surface area contributed by atoms with Crippen LogP contribution in [0.3, 0.4) is 0 Å². The molecular weight excluding hydrogens is 98.1 g/mol. The summed E-state index contributed by atoms with van der Waals surface area (Å²) in [5.74, 6) is 0. The molecule has 1 aliphatic heterocycles. The van der Waals surface area contributed by atoms with E-state index in [1.54, 1.807) is 0 Å². The first-order valence-corrected chi connectivity index (χ1v) is 3.36. The van der Waals surface area contributed by atoms with Crippen molar-refractivity contribution in [1.82, 2.24) is 4.90 Å². The van der Waals surface area contributed by atoms with Crippen LogP contribution in [0.1, 0.15) is 27.2 Å². The highest BCUT2D eigenvalue weighted by Gasteiger charge is 2.25. The summed E-state index contributed by atoms with van der Waals surface area (Å²) in [6.45, 7) is 9.43. The maximum atomic E-state index is 2.49. The Labute approximate surface area is 51.7 Å². The molecule has 1 saturated heterocycles. The Hall–Kier alpha value is -0.0400. The Bertz CT molecular complexity index is 76.9. The molecule has 1 heteroatoms. The van der Waals surface area contributed by atoms with E-state index >= 15 is 0 Å². The summed E-state index contributed by atoms with van der Waals surface area (Å²) in [5, 5.41) is 0. The predicted molar refractivity (Wildman–Crippen MR) is 35.9 cm³/mol. The van der Waals surface area contributed by atoms with Crippen LogP contribution in [0.2, 0.25) is 0 Å². The molecule has 0 unspecified atom stereocenters. The zero-order valence-electron chi connectivity index (χ0n) is 6.07. The molecule has 0 spiro atoms. The lowest BCUT2D eigenvalue weighted by atomic mass is 10.0. The van der Waals surface area contributed by atoms with Gasteiger partial charge < -0.3 is 0 Å². The fraction of sp³-hybridized carbons (Fsp3) is 1.00. The van der Waals surface area contributed by atoms with Crippen molar-refractivity contribution in [3.05, 3.63) is 0 Å². The quantitative estimate of drug-likeness (QED) is 0.460. The Kier molecular flexibility index (Phi) is 1.31. The Balaban J connectivity index is 2.34. The van der Waals surface area contributed by atoms with Crippen molar-refractivity contribution < 1.29 is 0 Å². The van der Waals surface area contributed by atoms with Crippen molar-refractivity contribution in [3.8, 4) is 0 Å².